The van der Waals surface area contributed by atoms with E-state index < -0.39 is 0 Å². The van der Waals surface area contributed by atoms with Gasteiger partial charge in [0.05, 0.1) is 23.6 Å². The summed E-state index contributed by atoms with van der Waals surface area (Å²) in [7, 11) is 0. The Labute approximate surface area is 94.2 Å². The van der Waals surface area contributed by atoms with Crippen molar-refractivity contribution in [2.45, 2.75) is 19.9 Å². The first kappa shape index (κ1) is 11.0. The molecule has 4 nitrogen and oxygen atoms in total. The quantitative estimate of drug-likeness (QED) is 0.831. The second-order valence-corrected chi connectivity index (χ2v) is 4.29. The van der Waals surface area contributed by atoms with Crippen LogP contribution in [0.25, 0.3) is 10.9 Å². The van der Waals surface area contributed by atoms with Gasteiger partial charge in [0.1, 0.15) is 0 Å². The van der Waals surface area contributed by atoms with E-state index in [1.165, 1.54) is 0 Å². The highest BCUT2D eigenvalue weighted by Crippen LogP contribution is 2.31. The topological polar surface area (TPSA) is 58.3 Å². The van der Waals surface area contributed by atoms with E-state index in [9.17, 15) is 10.2 Å². The number of nitrogens with zero attached hydrogens (tertiary/aromatic N) is 2. The van der Waals surface area contributed by atoms with E-state index >= 15 is 0 Å². The summed E-state index contributed by atoms with van der Waals surface area (Å²) in [6.07, 6.45) is 3.47. The molecule has 0 aliphatic rings. The van der Waals surface area contributed by atoms with Crippen molar-refractivity contribution in [3.63, 3.8) is 0 Å². The molecule has 0 saturated heterocycles. The third-order valence-electron chi connectivity index (χ3n) is 2.90. The molecule has 0 bridgehead atoms. The van der Waals surface area contributed by atoms with Gasteiger partial charge < -0.3 is 14.8 Å². The number of pyridine rings is 1. The molecule has 0 amide bonds. The molecule has 86 valence electrons. The lowest BCUT2D eigenvalue weighted by Gasteiger charge is -2.20. The minimum absolute atomic E-state index is 0.00617. The Balaban J connectivity index is 2.56. The molecule has 0 spiro atoms. The first-order chi connectivity index (χ1) is 7.65. The van der Waals surface area contributed by atoms with Crippen LogP contribution in [-0.2, 0) is 0 Å². The summed E-state index contributed by atoms with van der Waals surface area (Å²) >= 11 is 0. The minimum atomic E-state index is -0.116. The zero-order chi connectivity index (χ0) is 11.7. The number of hydrogen-bond donors (Lipinski definition) is 2. The standard InChI is InChI=1S/C12H16N2O2/c1-8(2)11(7-15)14-6-10-9(12(14)16)4-3-5-13-10/h3-6,8,11,15-16H,7H2,1-2H3/t11-/m0/s1. The Kier molecular flexibility index (Phi) is 2.83. The Bertz CT molecular complexity index is 491. The van der Waals surface area contributed by atoms with Crippen molar-refractivity contribution in [1.82, 2.24) is 9.55 Å². The zero-order valence-corrected chi connectivity index (χ0v) is 9.46. The Morgan fingerprint density at radius 3 is 2.75 bits per heavy atom. The molecule has 0 saturated carbocycles. The first-order valence-corrected chi connectivity index (χ1v) is 5.40. The molecular formula is C12H16N2O2. The molecule has 2 heterocycles. The van der Waals surface area contributed by atoms with E-state index in [2.05, 4.69) is 4.98 Å². The van der Waals surface area contributed by atoms with E-state index in [-0.39, 0.29) is 24.4 Å². The van der Waals surface area contributed by atoms with Crippen LogP contribution in [0.5, 0.6) is 5.88 Å². The lowest BCUT2D eigenvalue weighted by Crippen LogP contribution is -2.17. The maximum atomic E-state index is 10.1. The van der Waals surface area contributed by atoms with E-state index in [0.29, 0.717) is 0 Å². The number of hydrogen-bond acceptors (Lipinski definition) is 3. The van der Waals surface area contributed by atoms with Crippen molar-refractivity contribution in [3.8, 4) is 5.88 Å². The largest absolute Gasteiger partial charge is 0.494 e. The molecule has 0 radical (unpaired) electrons. The Hall–Kier alpha value is -1.55. The number of fused-ring (bicyclic) bond motifs is 1. The van der Waals surface area contributed by atoms with E-state index in [1.54, 1.807) is 23.0 Å². The number of aliphatic hydroxyl groups excluding tert-OH is 1. The van der Waals surface area contributed by atoms with Gasteiger partial charge in [-0.05, 0) is 18.1 Å². The highest BCUT2D eigenvalue weighted by Gasteiger charge is 2.19. The third-order valence-corrected chi connectivity index (χ3v) is 2.90. The molecule has 0 unspecified atom stereocenters. The SMILES string of the molecule is CC(C)[C@H](CO)n1cc2ncccc2c1O. The molecule has 0 aliphatic heterocycles. The maximum Gasteiger partial charge on any atom is 0.201 e. The van der Waals surface area contributed by atoms with Crippen LogP contribution in [-0.4, -0.2) is 26.4 Å². The summed E-state index contributed by atoms with van der Waals surface area (Å²) in [6.45, 7) is 4.03. The second kappa shape index (κ2) is 4.14. The predicted molar refractivity (Wildman–Crippen MR) is 62.4 cm³/mol. The molecule has 16 heavy (non-hydrogen) atoms. The van der Waals surface area contributed by atoms with Gasteiger partial charge in [0.25, 0.3) is 0 Å². The van der Waals surface area contributed by atoms with Crippen LogP contribution in [0, 0.1) is 5.92 Å². The molecule has 0 aliphatic carbocycles. The fraction of sp³-hybridized carbons (Fsp3) is 0.417. The first-order valence-electron chi connectivity index (χ1n) is 5.40. The van der Waals surface area contributed by atoms with Gasteiger partial charge in [-0.1, -0.05) is 13.8 Å². The molecule has 0 aromatic carbocycles. The summed E-state index contributed by atoms with van der Waals surface area (Å²) in [4.78, 5) is 4.18. The fourth-order valence-corrected chi connectivity index (χ4v) is 1.91. The van der Waals surface area contributed by atoms with Gasteiger partial charge in [-0.25, -0.2) is 0 Å². The summed E-state index contributed by atoms with van der Waals surface area (Å²) < 4.78 is 1.70. The monoisotopic (exact) mass is 220 g/mol. The molecule has 2 rings (SSSR count). The average Bonchev–Trinajstić information content (AvgIpc) is 2.58. The van der Waals surface area contributed by atoms with Crippen LogP contribution in [0.4, 0.5) is 0 Å². The normalized spacial score (nSPS) is 13.5. The van der Waals surface area contributed by atoms with Crippen LogP contribution >= 0.6 is 0 Å². The molecular weight excluding hydrogens is 204 g/mol. The van der Waals surface area contributed by atoms with Gasteiger partial charge in [0.15, 0.2) is 0 Å². The van der Waals surface area contributed by atoms with Crippen LogP contribution in [0.15, 0.2) is 24.5 Å². The van der Waals surface area contributed by atoms with Crippen molar-refractivity contribution < 1.29 is 10.2 Å². The molecule has 4 heteroatoms. The molecule has 2 aromatic heterocycles. The van der Waals surface area contributed by atoms with E-state index in [4.69, 9.17) is 0 Å². The summed E-state index contributed by atoms with van der Waals surface area (Å²) in [5.41, 5.74) is 0.749. The van der Waals surface area contributed by atoms with Crippen molar-refractivity contribution >= 4 is 10.9 Å². The van der Waals surface area contributed by atoms with Crippen molar-refractivity contribution in [1.29, 1.82) is 0 Å². The van der Waals surface area contributed by atoms with Crippen LogP contribution < -0.4 is 0 Å². The summed E-state index contributed by atoms with van der Waals surface area (Å²) in [5.74, 6) is 0.425. The smallest absolute Gasteiger partial charge is 0.201 e. The van der Waals surface area contributed by atoms with Crippen LogP contribution in [0.1, 0.15) is 19.9 Å². The highest BCUT2D eigenvalue weighted by atomic mass is 16.3. The Morgan fingerprint density at radius 2 is 2.19 bits per heavy atom. The lowest BCUT2D eigenvalue weighted by molar-refractivity contribution is 0.184. The van der Waals surface area contributed by atoms with Crippen molar-refractivity contribution in [2.75, 3.05) is 6.61 Å². The average molecular weight is 220 g/mol. The minimum Gasteiger partial charge on any atom is -0.494 e. The highest BCUT2D eigenvalue weighted by molar-refractivity contribution is 5.84. The van der Waals surface area contributed by atoms with Crippen molar-refractivity contribution in [2.24, 2.45) is 5.92 Å². The van der Waals surface area contributed by atoms with Gasteiger partial charge in [0.2, 0.25) is 5.88 Å². The third kappa shape index (κ3) is 1.65. The van der Waals surface area contributed by atoms with Gasteiger partial charge in [-0.3, -0.25) is 4.98 Å². The lowest BCUT2D eigenvalue weighted by atomic mass is 10.1. The van der Waals surface area contributed by atoms with Gasteiger partial charge in [0, 0.05) is 12.4 Å². The zero-order valence-electron chi connectivity index (χ0n) is 9.46. The van der Waals surface area contributed by atoms with Crippen LogP contribution in [0.3, 0.4) is 0 Å². The fourth-order valence-electron chi connectivity index (χ4n) is 1.91. The Morgan fingerprint density at radius 1 is 1.44 bits per heavy atom. The maximum absolute atomic E-state index is 10.1. The number of aromatic nitrogens is 2. The summed E-state index contributed by atoms with van der Waals surface area (Å²) in [6, 6.07) is 3.49. The van der Waals surface area contributed by atoms with Crippen LogP contribution in [0.2, 0.25) is 0 Å². The van der Waals surface area contributed by atoms with E-state index in [0.717, 1.165) is 10.9 Å². The van der Waals surface area contributed by atoms with Crippen molar-refractivity contribution in [3.05, 3.63) is 24.5 Å². The number of aromatic hydroxyl groups is 1. The second-order valence-electron chi connectivity index (χ2n) is 4.29. The van der Waals surface area contributed by atoms with Gasteiger partial charge >= 0.3 is 0 Å². The van der Waals surface area contributed by atoms with Gasteiger partial charge in [-0.2, -0.15) is 0 Å². The molecule has 0 fully saturated rings. The summed E-state index contributed by atoms with van der Waals surface area (Å²) in [5, 5.41) is 20.1. The molecule has 1 atom stereocenters. The number of rotatable bonds is 3. The predicted octanol–water partition coefficient (Wildman–Crippen LogP) is 1.93. The number of aliphatic hydroxyl groups is 1. The molecule has 2 aromatic rings. The molecule has 2 N–H and O–H groups in total. The van der Waals surface area contributed by atoms with Gasteiger partial charge in [-0.15, -0.1) is 0 Å². The van der Waals surface area contributed by atoms with E-state index in [1.807, 2.05) is 19.9 Å².